The molecular formula is C20H21F3N2O3. The number of nitrogens with zero attached hydrogens (tertiary/aromatic N) is 1. The van der Waals surface area contributed by atoms with Crippen molar-refractivity contribution < 1.29 is 27.4 Å². The van der Waals surface area contributed by atoms with E-state index in [0.717, 1.165) is 18.6 Å². The van der Waals surface area contributed by atoms with E-state index in [9.17, 15) is 18.0 Å². The van der Waals surface area contributed by atoms with Gasteiger partial charge in [-0.3, -0.25) is 4.79 Å². The molecule has 0 bridgehead atoms. The summed E-state index contributed by atoms with van der Waals surface area (Å²) in [6.07, 6.45) is -2.29. The molecule has 5 nitrogen and oxygen atoms in total. The first-order chi connectivity index (χ1) is 13.2. The molecule has 2 aromatic rings. The molecule has 0 unspecified atom stereocenters. The first-order valence-electron chi connectivity index (χ1n) is 8.60. The largest absolute Gasteiger partial charge is 0.493 e. The maximum absolute atomic E-state index is 12.7. The van der Waals surface area contributed by atoms with Crippen LogP contribution in [-0.4, -0.2) is 25.3 Å². The van der Waals surface area contributed by atoms with E-state index in [1.54, 1.807) is 18.2 Å². The highest BCUT2D eigenvalue weighted by Gasteiger charge is 2.30. The van der Waals surface area contributed by atoms with Crippen LogP contribution in [0.5, 0.6) is 11.5 Å². The van der Waals surface area contributed by atoms with E-state index in [4.69, 9.17) is 9.47 Å². The number of rotatable bonds is 7. The molecule has 150 valence electrons. The molecule has 0 aliphatic heterocycles. The molecule has 0 spiro atoms. The number of carbonyl (C=O) groups is 1. The van der Waals surface area contributed by atoms with Gasteiger partial charge in [0, 0.05) is 5.56 Å². The molecule has 1 atom stereocenters. The average Bonchev–Trinajstić information content (AvgIpc) is 2.68. The fourth-order valence-corrected chi connectivity index (χ4v) is 2.23. The highest BCUT2D eigenvalue weighted by molar-refractivity contribution is 5.95. The molecule has 0 radical (unpaired) electrons. The molecular weight excluding hydrogens is 373 g/mol. The van der Waals surface area contributed by atoms with Gasteiger partial charge in [-0.2, -0.15) is 18.3 Å². The second-order valence-corrected chi connectivity index (χ2v) is 6.02. The fraction of sp³-hybridized carbons (Fsp3) is 0.300. The van der Waals surface area contributed by atoms with Crippen molar-refractivity contribution >= 4 is 12.1 Å². The predicted molar refractivity (Wildman–Crippen MR) is 99.9 cm³/mol. The zero-order valence-corrected chi connectivity index (χ0v) is 15.7. The van der Waals surface area contributed by atoms with E-state index in [1.807, 2.05) is 13.8 Å². The molecule has 2 rings (SSSR count). The van der Waals surface area contributed by atoms with E-state index in [1.165, 1.54) is 25.5 Å². The van der Waals surface area contributed by atoms with Gasteiger partial charge in [-0.1, -0.05) is 13.0 Å². The lowest BCUT2D eigenvalue weighted by Gasteiger charge is -2.15. The van der Waals surface area contributed by atoms with Crippen molar-refractivity contribution in [2.24, 2.45) is 5.10 Å². The van der Waals surface area contributed by atoms with Crippen LogP contribution >= 0.6 is 0 Å². The molecule has 0 saturated carbocycles. The Bertz CT molecular complexity index is 851. The average molecular weight is 394 g/mol. The smallest absolute Gasteiger partial charge is 0.416 e. The number of nitrogens with one attached hydrogen (secondary N) is 1. The maximum atomic E-state index is 12.7. The first kappa shape index (κ1) is 21.3. The number of carbonyl (C=O) groups excluding carboxylic acids is 1. The number of alkyl halides is 3. The van der Waals surface area contributed by atoms with Gasteiger partial charge in [0.1, 0.15) is 0 Å². The molecule has 0 saturated heterocycles. The molecule has 0 aliphatic carbocycles. The van der Waals surface area contributed by atoms with Crippen LogP contribution in [0.15, 0.2) is 47.6 Å². The third kappa shape index (κ3) is 5.73. The predicted octanol–water partition coefficient (Wildman–Crippen LogP) is 4.66. The Kier molecular flexibility index (Phi) is 7.03. The third-order valence-corrected chi connectivity index (χ3v) is 3.92. The lowest BCUT2D eigenvalue weighted by Crippen LogP contribution is -2.18. The van der Waals surface area contributed by atoms with Crippen molar-refractivity contribution in [3.8, 4) is 11.5 Å². The Morgan fingerprint density at radius 2 is 1.96 bits per heavy atom. The van der Waals surface area contributed by atoms with Crippen LogP contribution in [0.25, 0.3) is 0 Å². The quantitative estimate of drug-likeness (QED) is 0.549. The van der Waals surface area contributed by atoms with Gasteiger partial charge < -0.3 is 9.47 Å². The highest BCUT2D eigenvalue weighted by Crippen LogP contribution is 2.30. The van der Waals surface area contributed by atoms with E-state index in [2.05, 4.69) is 10.5 Å². The van der Waals surface area contributed by atoms with Crippen LogP contribution in [-0.2, 0) is 6.18 Å². The summed E-state index contributed by atoms with van der Waals surface area (Å²) in [4.78, 5) is 12.0. The molecule has 28 heavy (non-hydrogen) atoms. The fourth-order valence-electron chi connectivity index (χ4n) is 2.23. The lowest BCUT2D eigenvalue weighted by molar-refractivity contribution is -0.137. The second-order valence-electron chi connectivity index (χ2n) is 6.02. The number of hydrazone groups is 1. The number of benzene rings is 2. The number of hydrogen-bond acceptors (Lipinski definition) is 4. The molecule has 0 heterocycles. The molecule has 8 heteroatoms. The summed E-state index contributed by atoms with van der Waals surface area (Å²) >= 11 is 0. The van der Waals surface area contributed by atoms with Crippen LogP contribution in [0, 0.1) is 0 Å². The Morgan fingerprint density at radius 1 is 1.21 bits per heavy atom. The number of halogens is 3. The number of amides is 1. The molecule has 1 N–H and O–H groups in total. The number of ether oxygens (including phenoxy) is 2. The minimum Gasteiger partial charge on any atom is -0.493 e. The van der Waals surface area contributed by atoms with Gasteiger partial charge >= 0.3 is 6.18 Å². The molecule has 0 fully saturated rings. The SMILES string of the molecule is CC[C@H](C)Oc1ccc(/C=N\NC(=O)c2cccc(C(F)(F)F)c2)cc1OC. The van der Waals surface area contributed by atoms with Crippen molar-refractivity contribution in [2.45, 2.75) is 32.5 Å². The topological polar surface area (TPSA) is 59.9 Å². The van der Waals surface area contributed by atoms with Crippen molar-refractivity contribution in [2.75, 3.05) is 7.11 Å². The van der Waals surface area contributed by atoms with E-state index in [0.29, 0.717) is 17.1 Å². The Balaban J connectivity index is 2.07. The molecule has 0 aliphatic rings. The monoisotopic (exact) mass is 394 g/mol. The zero-order valence-electron chi connectivity index (χ0n) is 15.7. The van der Waals surface area contributed by atoms with Crippen molar-refractivity contribution in [3.63, 3.8) is 0 Å². The van der Waals surface area contributed by atoms with Gasteiger partial charge in [-0.25, -0.2) is 5.43 Å². The first-order valence-corrected chi connectivity index (χ1v) is 8.60. The maximum Gasteiger partial charge on any atom is 0.416 e. The van der Waals surface area contributed by atoms with Crippen molar-refractivity contribution in [3.05, 3.63) is 59.2 Å². The van der Waals surface area contributed by atoms with E-state index >= 15 is 0 Å². The summed E-state index contributed by atoms with van der Waals surface area (Å²) in [7, 11) is 1.51. The van der Waals surface area contributed by atoms with Gasteiger partial charge in [-0.15, -0.1) is 0 Å². The Labute approximate surface area is 161 Å². The number of methoxy groups -OCH3 is 1. The molecule has 1 amide bonds. The summed E-state index contributed by atoms with van der Waals surface area (Å²) in [5.74, 6) is 0.349. The second kappa shape index (κ2) is 9.25. The van der Waals surface area contributed by atoms with Crippen LogP contribution in [0.1, 0.15) is 41.8 Å². The molecule has 0 aromatic heterocycles. The number of hydrogen-bond donors (Lipinski definition) is 1. The molecule has 2 aromatic carbocycles. The van der Waals surface area contributed by atoms with Crippen LogP contribution in [0.4, 0.5) is 13.2 Å². The highest BCUT2D eigenvalue weighted by atomic mass is 19.4. The summed E-state index contributed by atoms with van der Waals surface area (Å²) in [6, 6.07) is 9.25. The minimum atomic E-state index is -4.52. The van der Waals surface area contributed by atoms with Gasteiger partial charge in [-0.05, 0) is 55.3 Å². The summed E-state index contributed by atoms with van der Waals surface area (Å²) in [5.41, 5.74) is 1.80. The normalized spacial score (nSPS) is 12.6. The third-order valence-electron chi connectivity index (χ3n) is 3.92. The summed E-state index contributed by atoms with van der Waals surface area (Å²) in [5, 5.41) is 3.79. The minimum absolute atomic E-state index is 0.0279. The van der Waals surface area contributed by atoms with Crippen molar-refractivity contribution in [1.29, 1.82) is 0 Å². The lowest BCUT2D eigenvalue weighted by atomic mass is 10.1. The van der Waals surface area contributed by atoms with Crippen molar-refractivity contribution in [1.82, 2.24) is 5.43 Å². The van der Waals surface area contributed by atoms with Gasteiger partial charge in [0.2, 0.25) is 0 Å². The zero-order chi connectivity index (χ0) is 20.7. The van der Waals surface area contributed by atoms with E-state index in [-0.39, 0.29) is 11.7 Å². The van der Waals surface area contributed by atoms with Gasteiger partial charge in [0.05, 0.1) is 25.0 Å². The van der Waals surface area contributed by atoms with Crippen LogP contribution in [0.3, 0.4) is 0 Å². The van der Waals surface area contributed by atoms with Gasteiger partial charge in [0.25, 0.3) is 5.91 Å². The standard InChI is InChI=1S/C20H21F3N2O3/c1-4-13(2)28-17-9-8-14(10-18(17)27-3)12-24-25-19(26)15-6-5-7-16(11-15)20(21,22)23/h5-13H,4H2,1-3H3,(H,25,26)/b24-12-/t13-/m0/s1. The van der Waals surface area contributed by atoms with Crippen LogP contribution in [0.2, 0.25) is 0 Å². The summed E-state index contributed by atoms with van der Waals surface area (Å²) < 4.78 is 49.2. The Hall–Kier alpha value is -3.03. The van der Waals surface area contributed by atoms with E-state index < -0.39 is 17.6 Å². The van der Waals surface area contributed by atoms with Gasteiger partial charge in [0.15, 0.2) is 11.5 Å². The summed E-state index contributed by atoms with van der Waals surface area (Å²) in [6.45, 7) is 3.95. The van der Waals surface area contributed by atoms with Crippen LogP contribution < -0.4 is 14.9 Å². The Morgan fingerprint density at radius 3 is 2.61 bits per heavy atom.